The number of para-hydroxylation sites is 1. The van der Waals surface area contributed by atoms with Gasteiger partial charge in [0.15, 0.2) is 0 Å². The molecule has 1 aliphatic carbocycles. The Hall–Kier alpha value is -1.02. The Kier molecular flexibility index (Phi) is 2.17. The van der Waals surface area contributed by atoms with Gasteiger partial charge in [0.1, 0.15) is 5.75 Å². The van der Waals surface area contributed by atoms with Gasteiger partial charge in [-0.3, -0.25) is 0 Å². The lowest BCUT2D eigenvalue weighted by Gasteiger charge is -2.40. The van der Waals surface area contributed by atoms with E-state index in [9.17, 15) is 0 Å². The van der Waals surface area contributed by atoms with E-state index < -0.39 is 0 Å². The van der Waals surface area contributed by atoms with Crippen LogP contribution in [0.3, 0.4) is 0 Å². The molecule has 3 atom stereocenters. The molecule has 1 saturated heterocycles. The van der Waals surface area contributed by atoms with Gasteiger partial charge in [0, 0.05) is 0 Å². The number of ether oxygens (including phenoxy) is 1. The van der Waals surface area contributed by atoms with Crippen LogP contribution in [0.5, 0.6) is 5.75 Å². The second kappa shape index (κ2) is 3.53. The Morgan fingerprint density at radius 2 is 2.13 bits per heavy atom. The van der Waals surface area contributed by atoms with Crippen LogP contribution in [0.25, 0.3) is 0 Å². The molecule has 2 fully saturated rings. The van der Waals surface area contributed by atoms with Crippen molar-refractivity contribution in [2.75, 3.05) is 20.2 Å². The van der Waals surface area contributed by atoms with Crippen LogP contribution >= 0.6 is 0 Å². The Morgan fingerprint density at radius 3 is 2.93 bits per heavy atom. The fraction of sp³-hybridized carbons (Fsp3) is 0.538. The Balaban J connectivity index is 1.87. The molecule has 0 amide bonds. The zero-order valence-electron chi connectivity index (χ0n) is 9.07. The lowest BCUT2D eigenvalue weighted by atomic mass is 9.64. The SMILES string of the molecule is COc1ccccc1[C@@H]1C[C@@H]2CNC[C@@H]21. The molecule has 0 bridgehead atoms. The first-order valence-electron chi connectivity index (χ1n) is 5.74. The van der Waals surface area contributed by atoms with Gasteiger partial charge in [0.05, 0.1) is 7.11 Å². The summed E-state index contributed by atoms with van der Waals surface area (Å²) in [6.07, 6.45) is 1.33. The average Bonchev–Trinajstić information content (AvgIpc) is 2.61. The number of nitrogens with one attached hydrogen (secondary N) is 1. The highest BCUT2D eigenvalue weighted by Crippen LogP contribution is 2.50. The van der Waals surface area contributed by atoms with E-state index in [-0.39, 0.29) is 0 Å². The predicted octanol–water partition coefficient (Wildman–Crippen LogP) is 2.02. The minimum Gasteiger partial charge on any atom is -0.496 e. The summed E-state index contributed by atoms with van der Waals surface area (Å²) in [7, 11) is 1.77. The molecule has 0 radical (unpaired) electrons. The maximum absolute atomic E-state index is 5.43. The van der Waals surface area contributed by atoms with Crippen molar-refractivity contribution in [1.82, 2.24) is 5.32 Å². The maximum atomic E-state index is 5.43. The topological polar surface area (TPSA) is 21.3 Å². The highest BCUT2D eigenvalue weighted by molar-refractivity contribution is 5.38. The lowest BCUT2D eigenvalue weighted by Crippen LogP contribution is -2.33. The lowest BCUT2D eigenvalue weighted by molar-refractivity contribution is 0.187. The fourth-order valence-corrected chi connectivity index (χ4v) is 3.12. The van der Waals surface area contributed by atoms with E-state index in [1.54, 1.807) is 7.11 Å². The van der Waals surface area contributed by atoms with Gasteiger partial charge in [-0.05, 0) is 48.9 Å². The van der Waals surface area contributed by atoms with Crippen LogP contribution in [0.15, 0.2) is 24.3 Å². The van der Waals surface area contributed by atoms with Gasteiger partial charge in [-0.15, -0.1) is 0 Å². The summed E-state index contributed by atoms with van der Waals surface area (Å²) in [5.41, 5.74) is 1.41. The van der Waals surface area contributed by atoms with Gasteiger partial charge in [0.25, 0.3) is 0 Å². The zero-order valence-corrected chi connectivity index (χ0v) is 9.07. The first-order chi connectivity index (χ1) is 7.40. The smallest absolute Gasteiger partial charge is 0.122 e. The molecular weight excluding hydrogens is 186 g/mol. The second-order valence-electron chi connectivity index (χ2n) is 4.67. The third-order valence-electron chi connectivity index (χ3n) is 4.00. The van der Waals surface area contributed by atoms with Gasteiger partial charge in [0.2, 0.25) is 0 Å². The van der Waals surface area contributed by atoms with E-state index in [0.29, 0.717) is 0 Å². The van der Waals surface area contributed by atoms with Crippen molar-refractivity contribution in [3.8, 4) is 5.75 Å². The summed E-state index contributed by atoms with van der Waals surface area (Å²) in [5.74, 6) is 3.55. The normalized spacial score (nSPS) is 33.3. The van der Waals surface area contributed by atoms with Crippen LogP contribution in [0.4, 0.5) is 0 Å². The molecular formula is C13H17NO. The summed E-state index contributed by atoms with van der Waals surface area (Å²) in [6.45, 7) is 2.41. The summed E-state index contributed by atoms with van der Waals surface area (Å²) in [6, 6.07) is 8.46. The van der Waals surface area contributed by atoms with E-state index in [1.807, 2.05) is 6.07 Å². The van der Waals surface area contributed by atoms with Gasteiger partial charge in [-0.2, -0.15) is 0 Å². The number of fused-ring (bicyclic) bond motifs is 1. The van der Waals surface area contributed by atoms with E-state index in [1.165, 1.54) is 25.1 Å². The maximum Gasteiger partial charge on any atom is 0.122 e. The molecule has 1 saturated carbocycles. The molecule has 1 aromatic rings. The van der Waals surface area contributed by atoms with E-state index in [2.05, 4.69) is 23.5 Å². The highest BCUT2D eigenvalue weighted by atomic mass is 16.5. The van der Waals surface area contributed by atoms with Crippen LogP contribution in [0.1, 0.15) is 17.9 Å². The second-order valence-corrected chi connectivity index (χ2v) is 4.67. The van der Waals surface area contributed by atoms with E-state index in [0.717, 1.165) is 23.5 Å². The van der Waals surface area contributed by atoms with Crippen LogP contribution in [0, 0.1) is 11.8 Å². The first kappa shape index (κ1) is 9.22. The van der Waals surface area contributed by atoms with E-state index in [4.69, 9.17) is 4.74 Å². The third-order valence-corrected chi connectivity index (χ3v) is 4.00. The molecule has 2 heteroatoms. The highest BCUT2D eigenvalue weighted by Gasteiger charge is 2.45. The Morgan fingerprint density at radius 1 is 1.27 bits per heavy atom. The minimum absolute atomic E-state index is 0.723. The standard InChI is InChI=1S/C13H17NO/c1-15-13-5-3-2-4-10(13)11-6-9-7-14-8-12(9)11/h2-5,9,11-12,14H,6-8H2,1H3/t9-,11+,12+/m1/s1. The van der Waals surface area contributed by atoms with Crippen LogP contribution in [-0.4, -0.2) is 20.2 Å². The number of benzene rings is 1. The van der Waals surface area contributed by atoms with Crippen LogP contribution in [-0.2, 0) is 0 Å². The zero-order chi connectivity index (χ0) is 10.3. The van der Waals surface area contributed by atoms with Crippen molar-refractivity contribution in [3.05, 3.63) is 29.8 Å². The molecule has 80 valence electrons. The molecule has 1 N–H and O–H groups in total. The summed E-state index contributed by atoms with van der Waals surface area (Å²) < 4.78 is 5.43. The average molecular weight is 203 g/mol. The molecule has 2 aliphatic rings. The van der Waals surface area contributed by atoms with E-state index >= 15 is 0 Å². The Labute approximate surface area is 90.6 Å². The van der Waals surface area contributed by atoms with Gasteiger partial charge in [-0.25, -0.2) is 0 Å². The molecule has 2 nitrogen and oxygen atoms in total. The summed E-state index contributed by atoms with van der Waals surface area (Å²) in [5, 5.41) is 3.48. The van der Waals surface area contributed by atoms with Crippen molar-refractivity contribution in [1.29, 1.82) is 0 Å². The predicted molar refractivity (Wildman–Crippen MR) is 60.2 cm³/mol. The number of hydrogen-bond acceptors (Lipinski definition) is 2. The first-order valence-corrected chi connectivity index (χ1v) is 5.74. The molecule has 0 unspecified atom stereocenters. The van der Waals surface area contributed by atoms with Crippen molar-refractivity contribution in [3.63, 3.8) is 0 Å². The molecule has 15 heavy (non-hydrogen) atoms. The van der Waals surface area contributed by atoms with Crippen molar-refractivity contribution < 1.29 is 4.74 Å². The molecule has 1 aromatic carbocycles. The Bertz CT molecular complexity index is 363. The summed E-state index contributed by atoms with van der Waals surface area (Å²) >= 11 is 0. The molecule has 1 heterocycles. The van der Waals surface area contributed by atoms with Crippen molar-refractivity contribution in [2.45, 2.75) is 12.3 Å². The van der Waals surface area contributed by atoms with Crippen LogP contribution < -0.4 is 10.1 Å². The molecule has 0 spiro atoms. The van der Waals surface area contributed by atoms with Gasteiger partial charge in [-0.1, -0.05) is 18.2 Å². The minimum atomic E-state index is 0.723. The molecule has 0 aromatic heterocycles. The quantitative estimate of drug-likeness (QED) is 0.794. The van der Waals surface area contributed by atoms with Crippen LogP contribution in [0.2, 0.25) is 0 Å². The van der Waals surface area contributed by atoms with Gasteiger partial charge < -0.3 is 10.1 Å². The number of rotatable bonds is 2. The largest absolute Gasteiger partial charge is 0.496 e. The summed E-state index contributed by atoms with van der Waals surface area (Å²) in [4.78, 5) is 0. The van der Waals surface area contributed by atoms with Crippen molar-refractivity contribution in [2.24, 2.45) is 11.8 Å². The fourth-order valence-electron chi connectivity index (χ4n) is 3.12. The van der Waals surface area contributed by atoms with Crippen molar-refractivity contribution >= 4 is 0 Å². The number of hydrogen-bond donors (Lipinski definition) is 1. The monoisotopic (exact) mass is 203 g/mol. The number of methoxy groups -OCH3 is 1. The molecule has 3 rings (SSSR count). The molecule has 1 aliphatic heterocycles. The third kappa shape index (κ3) is 1.36. The van der Waals surface area contributed by atoms with Gasteiger partial charge >= 0.3 is 0 Å².